The third-order valence-electron chi connectivity index (χ3n) is 4.26. The lowest BCUT2D eigenvalue weighted by molar-refractivity contribution is -0.141. The number of aryl methyl sites for hydroxylation is 2. The number of amides is 2. The van der Waals surface area contributed by atoms with E-state index >= 15 is 0 Å². The highest BCUT2D eigenvalue weighted by atomic mass is 32.1. The lowest BCUT2D eigenvalue weighted by Crippen LogP contribution is -2.32. The summed E-state index contributed by atoms with van der Waals surface area (Å²) in [4.78, 5) is 26.8. The van der Waals surface area contributed by atoms with Crippen LogP contribution in [0, 0.1) is 6.92 Å². The molecule has 0 saturated carbocycles. The smallest absolute Gasteiger partial charge is 0.366 e. The number of nitrogens with zero attached hydrogens (tertiary/aromatic N) is 1. The summed E-state index contributed by atoms with van der Waals surface area (Å²) in [6, 6.07) is 4.51. The van der Waals surface area contributed by atoms with E-state index in [4.69, 9.17) is 5.73 Å². The van der Waals surface area contributed by atoms with Gasteiger partial charge in [0, 0.05) is 5.56 Å². The Morgan fingerprint density at radius 1 is 1.35 bits per heavy atom. The summed E-state index contributed by atoms with van der Waals surface area (Å²) in [5.41, 5.74) is 6.16. The van der Waals surface area contributed by atoms with Crippen LogP contribution in [0.15, 0.2) is 18.2 Å². The number of nitrogens with two attached hydrogens (primary N) is 1. The maximum atomic E-state index is 13.1. The van der Waals surface area contributed by atoms with Crippen molar-refractivity contribution in [3.05, 3.63) is 50.5 Å². The van der Waals surface area contributed by atoms with Crippen LogP contribution in [0.3, 0.4) is 0 Å². The minimum absolute atomic E-state index is 0.178. The molecule has 3 rings (SSSR count). The summed E-state index contributed by atoms with van der Waals surface area (Å²) >= 11 is 0.721. The van der Waals surface area contributed by atoms with Gasteiger partial charge in [-0.25, -0.2) is 4.98 Å². The highest BCUT2D eigenvalue weighted by molar-refractivity contribution is 7.13. The maximum Gasteiger partial charge on any atom is 0.435 e. The van der Waals surface area contributed by atoms with Gasteiger partial charge in [0.15, 0.2) is 5.69 Å². The maximum absolute atomic E-state index is 13.1. The second-order valence-electron chi connectivity index (χ2n) is 6.10. The molecule has 1 aliphatic carbocycles. The van der Waals surface area contributed by atoms with Crippen LogP contribution in [0.1, 0.15) is 60.7 Å². The number of rotatable bonds is 3. The molecule has 0 radical (unpaired) electrons. The van der Waals surface area contributed by atoms with Crippen LogP contribution in [0.5, 0.6) is 0 Å². The Labute approximate surface area is 151 Å². The van der Waals surface area contributed by atoms with Crippen molar-refractivity contribution in [1.82, 2.24) is 10.3 Å². The molecule has 9 heteroatoms. The Kier molecular flexibility index (Phi) is 4.74. The number of carbonyl (C=O) groups is 2. The minimum atomic E-state index is -4.68. The number of aromatic nitrogens is 1. The third kappa shape index (κ3) is 3.57. The topological polar surface area (TPSA) is 85.1 Å². The minimum Gasteiger partial charge on any atom is -0.366 e. The first kappa shape index (κ1) is 18.4. The lowest BCUT2D eigenvalue weighted by atomic mass is 9.86. The average molecular weight is 383 g/mol. The summed E-state index contributed by atoms with van der Waals surface area (Å²) in [6.45, 7) is 1.43. The quantitative estimate of drug-likeness (QED) is 0.852. The fraction of sp³-hybridized carbons (Fsp3) is 0.353. The molecule has 1 unspecified atom stereocenters. The number of hydrogen-bond donors (Lipinski definition) is 2. The molecule has 0 bridgehead atoms. The van der Waals surface area contributed by atoms with E-state index < -0.39 is 34.6 Å². The Morgan fingerprint density at radius 3 is 2.73 bits per heavy atom. The van der Waals surface area contributed by atoms with Gasteiger partial charge in [0.05, 0.1) is 11.0 Å². The molecular formula is C17H16F3N3O2S. The molecule has 1 aromatic carbocycles. The van der Waals surface area contributed by atoms with Gasteiger partial charge in [-0.3, -0.25) is 9.59 Å². The fourth-order valence-electron chi connectivity index (χ4n) is 3.11. The second-order valence-corrected chi connectivity index (χ2v) is 7.31. The number of hydrogen-bond acceptors (Lipinski definition) is 4. The molecule has 26 heavy (non-hydrogen) atoms. The highest BCUT2D eigenvalue weighted by Gasteiger charge is 2.39. The van der Waals surface area contributed by atoms with Crippen LogP contribution >= 0.6 is 11.3 Å². The first-order valence-electron chi connectivity index (χ1n) is 7.95. The number of nitrogens with one attached hydrogen (secondary N) is 1. The van der Waals surface area contributed by atoms with Crippen molar-refractivity contribution in [3.8, 4) is 0 Å². The summed E-state index contributed by atoms with van der Waals surface area (Å²) in [7, 11) is 0. The lowest BCUT2D eigenvalue weighted by Gasteiger charge is -2.26. The van der Waals surface area contributed by atoms with Gasteiger partial charge in [0.2, 0.25) is 5.91 Å². The molecule has 2 aromatic rings. The third-order valence-corrected chi connectivity index (χ3v) is 5.23. The molecule has 1 heterocycles. The van der Waals surface area contributed by atoms with E-state index in [0.717, 1.165) is 35.3 Å². The zero-order valence-corrected chi connectivity index (χ0v) is 14.6. The van der Waals surface area contributed by atoms with Crippen LogP contribution in [0.2, 0.25) is 0 Å². The number of thiazole rings is 1. The van der Waals surface area contributed by atoms with Crippen LogP contribution in [0.25, 0.3) is 0 Å². The van der Waals surface area contributed by atoms with Crippen LogP contribution in [-0.4, -0.2) is 16.8 Å². The zero-order valence-electron chi connectivity index (χ0n) is 13.8. The molecule has 2 amide bonds. The van der Waals surface area contributed by atoms with Crippen molar-refractivity contribution in [2.75, 3.05) is 0 Å². The predicted octanol–water partition coefficient (Wildman–Crippen LogP) is 3.38. The normalized spacial score (nSPS) is 16.8. The number of halogens is 3. The SMILES string of the molecule is Cc1nc(C(F)(F)F)c(C(=O)NC2CCCc3cc(C(N)=O)ccc32)s1. The monoisotopic (exact) mass is 383 g/mol. The van der Waals surface area contributed by atoms with Crippen LogP contribution in [0.4, 0.5) is 13.2 Å². The average Bonchev–Trinajstić information content (AvgIpc) is 2.97. The van der Waals surface area contributed by atoms with Crippen molar-refractivity contribution in [1.29, 1.82) is 0 Å². The van der Waals surface area contributed by atoms with E-state index in [0.29, 0.717) is 12.0 Å². The van der Waals surface area contributed by atoms with Crippen molar-refractivity contribution in [2.45, 2.75) is 38.4 Å². The van der Waals surface area contributed by atoms with E-state index in [2.05, 4.69) is 10.3 Å². The van der Waals surface area contributed by atoms with Gasteiger partial charge in [0.1, 0.15) is 4.88 Å². The van der Waals surface area contributed by atoms with Gasteiger partial charge in [-0.1, -0.05) is 6.07 Å². The summed E-state index contributed by atoms with van der Waals surface area (Å²) in [5, 5.41) is 2.86. The van der Waals surface area contributed by atoms with E-state index in [1.807, 2.05) is 0 Å². The van der Waals surface area contributed by atoms with Gasteiger partial charge in [-0.15, -0.1) is 11.3 Å². The largest absolute Gasteiger partial charge is 0.435 e. The molecule has 3 N–H and O–H groups in total. The Hall–Kier alpha value is -2.42. The number of primary amides is 1. The van der Waals surface area contributed by atoms with Crippen molar-refractivity contribution in [3.63, 3.8) is 0 Å². The standard InChI is InChI=1S/C17H16F3N3O2S/c1-8-22-14(17(18,19)20)13(26-8)16(25)23-12-4-2-3-9-7-10(15(21)24)5-6-11(9)12/h5-7,12H,2-4H2,1H3,(H2,21,24)(H,23,25). The van der Waals surface area contributed by atoms with Crippen molar-refractivity contribution >= 4 is 23.2 Å². The van der Waals surface area contributed by atoms with Crippen molar-refractivity contribution in [2.24, 2.45) is 5.73 Å². The number of alkyl halides is 3. The van der Waals surface area contributed by atoms with E-state index in [-0.39, 0.29) is 5.01 Å². The predicted molar refractivity (Wildman–Crippen MR) is 90.0 cm³/mol. The molecule has 138 valence electrons. The zero-order chi connectivity index (χ0) is 19.1. The van der Waals surface area contributed by atoms with Crippen LogP contribution < -0.4 is 11.1 Å². The van der Waals surface area contributed by atoms with E-state index in [9.17, 15) is 22.8 Å². The molecule has 0 aliphatic heterocycles. The fourth-order valence-corrected chi connectivity index (χ4v) is 3.96. The van der Waals surface area contributed by atoms with Gasteiger partial charge in [0.25, 0.3) is 5.91 Å². The van der Waals surface area contributed by atoms with E-state index in [1.165, 1.54) is 6.92 Å². The molecule has 0 spiro atoms. The molecule has 5 nitrogen and oxygen atoms in total. The number of carbonyl (C=O) groups excluding carboxylic acids is 2. The van der Waals surface area contributed by atoms with Gasteiger partial charge >= 0.3 is 6.18 Å². The molecule has 1 aliphatic rings. The van der Waals surface area contributed by atoms with Gasteiger partial charge < -0.3 is 11.1 Å². The molecule has 1 atom stereocenters. The Morgan fingerprint density at radius 2 is 2.08 bits per heavy atom. The first-order valence-corrected chi connectivity index (χ1v) is 8.76. The number of fused-ring (bicyclic) bond motifs is 1. The summed E-state index contributed by atoms with van der Waals surface area (Å²) in [6.07, 6.45) is -2.61. The van der Waals surface area contributed by atoms with Crippen LogP contribution in [-0.2, 0) is 12.6 Å². The Bertz CT molecular complexity index is 877. The Balaban J connectivity index is 1.87. The molecular weight excluding hydrogens is 367 g/mol. The summed E-state index contributed by atoms with van der Waals surface area (Å²) in [5.74, 6) is -1.34. The van der Waals surface area contributed by atoms with Gasteiger partial charge in [-0.2, -0.15) is 13.2 Å². The highest BCUT2D eigenvalue weighted by Crippen LogP contribution is 2.35. The van der Waals surface area contributed by atoms with Gasteiger partial charge in [-0.05, 0) is 49.4 Å². The second kappa shape index (κ2) is 6.71. The number of benzene rings is 1. The molecule has 1 aromatic heterocycles. The molecule has 0 saturated heterocycles. The van der Waals surface area contributed by atoms with Crippen molar-refractivity contribution < 1.29 is 22.8 Å². The summed E-state index contributed by atoms with van der Waals surface area (Å²) < 4.78 is 39.2. The van der Waals surface area contributed by atoms with E-state index in [1.54, 1.807) is 18.2 Å². The first-order chi connectivity index (χ1) is 12.2. The molecule has 0 fully saturated rings.